The standard InChI is InChI=1S/C22H28N2O5S/c1-24(30(2,26)27)19-8-10-20(11-9-19)29-16-21(25)23-17-22(12-14-28-15-13-22)18-6-4-3-5-7-18/h3-11H,12-17H2,1-2H3,(H,23,25). The van der Waals surface area contributed by atoms with Crippen LogP contribution in [0, 0.1) is 0 Å². The van der Waals surface area contributed by atoms with Gasteiger partial charge in [0.2, 0.25) is 10.0 Å². The highest BCUT2D eigenvalue weighted by Crippen LogP contribution is 2.34. The molecule has 1 heterocycles. The molecule has 0 atom stereocenters. The molecule has 7 nitrogen and oxygen atoms in total. The molecule has 0 saturated carbocycles. The van der Waals surface area contributed by atoms with Crippen molar-refractivity contribution in [2.24, 2.45) is 0 Å². The summed E-state index contributed by atoms with van der Waals surface area (Å²) in [5, 5.41) is 3.00. The zero-order valence-electron chi connectivity index (χ0n) is 17.3. The molecule has 162 valence electrons. The third-order valence-electron chi connectivity index (χ3n) is 5.53. The quantitative estimate of drug-likeness (QED) is 0.692. The highest BCUT2D eigenvalue weighted by molar-refractivity contribution is 7.92. The topological polar surface area (TPSA) is 84.9 Å². The molecule has 2 aromatic rings. The summed E-state index contributed by atoms with van der Waals surface area (Å²) in [6, 6.07) is 16.8. The lowest BCUT2D eigenvalue weighted by Crippen LogP contribution is -2.45. The Kier molecular flexibility index (Phi) is 6.99. The first-order valence-corrected chi connectivity index (χ1v) is 11.7. The second kappa shape index (κ2) is 9.49. The molecule has 1 fully saturated rings. The van der Waals surface area contributed by atoms with E-state index in [0.29, 0.717) is 31.2 Å². The van der Waals surface area contributed by atoms with E-state index >= 15 is 0 Å². The van der Waals surface area contributed by atoms with Gasteiger partial charge in [-0.15, -0.1) is 0 Å². The molecule has 0 radical (unpaired) electrons. The van der Waals surface area contributed by atoms with Gasteiger partial charge in [-0.25, -0.2) is 8.42 Å². The van der Waals surface area contributed by atoms with Gasteiger partial charge in [-0.2, -0.15) is 0 Å². The molecule has 3 rings (SSSR count). The number of hydrogen-bond acceptors (Lipinski definition) is 5. The van der Waals surface area contributed by atoms with Crippen LogP contribution in [0.3, 0.4) is 0 Å². The van der Waals surface area contributed by atoms with Gasteiger partial charge in [-0.05, 0) is 42.7 Å². The molecule has 0 spiro atoms. The summed E-state index contributed by atoms with van der Waals surface area (Å²) < 4.78 is 35.5. The van der Waals surface area contributed by atoms with E-state index < -0.39 is 10.0 Å². The number of benzene rings is 2. The average Bonchev–Trinajstić information content (AvgIpc) is 2.77. The van der Waals surface area contributed by atoms with E-state index in [1.165, 1.54) is 16.9 Å². The molecule has 2 aromatic carbocycles. The molecule has 0 aliphatic carbocycles. The lowest BCUT2D eigenvalue weighted by atomic mass is 9.74. The maximum Gasteiger partial charge on any atom is 0.257 e. The van der Waals surface area contributed by atoms with Crippen LogP contribution in [0.4, 0.5) is 5.69 Å². The summed E-state index contributed by atoms with van der Waals surface area (Å²) in [6.07, 6.45) is 2.85. The smallest absolute Gasteiger partial charge is 0.257 e. The van der Waals surface area contributed by atoms with Crippen molar-refractivity contribution in [1.29, 1.82) is 0 Å². The number of carbonyl (C=O) groups excluding carboxylic acids is 1. The molecule has 0 aromatic heterocycles. The van der Waals surface area contributed by atoms with Crippen LogP contribution in [0.2, 0.25) is 0 Å². The van der Waals surface area contributed by atoms with Crippen LogP contribution >= 0.6 is 0 Å². The minimum atomic E-state index is -3.32. The van der Waals surface area contributed by atoms with Gasteiger partial charge in [0.05, 0.1) is 11.9 Å². The number of anilines is 1. The van der Waals surface area contributed by atoms with Crippen LogP contribution in [0.25, 0.3) is 0 Å². The normalized spacial score (nSPS) is 15.9. The SMILES string of the molecule is CN(c1ccc(OCC(=O)NCC2(c3ccccc3)CCOCC2)cc1)S(C)(=O)=O. The minimum Gasteiger partial charge on any atom is -0.484 e. The lowest BCUT2D eigenvalue weighted by Gasteiger charge is -2.38. The molecular formula is C22H28N2O5S. The summed E-state index contributed by atoms with van der Waals surface area (Å²) in [5.74, 6) is 0.300. The number of ether oxygens (including phenoxy) is 2. The fourth-order valence-corrected chi connectivity index (χ4v) is 4.04. The molecular weight excluding hydrogens is 404 g/mol. The maximum absolute atomic E-state index is 12.4. The van der Waals surface area contributed by atoms with Crippen molar-refractivity contribution in [2.75, 3.05) is 44.0 Å². The Morgan fingerprint density at radius 2 is 1.73 bits per heavy atom. The predicted octanol–water partition coefficient (Wildman–Crippen LogP) is 2.33. The van der Waals surface area contributed by atoms with E-state index in [4.69, 9.17) is 9.47 Å². The molecule has 1 aliphatic heterocycles. The number of nitrogens with one attached hydrogen (secondary N) is 1. The summed E-state index contributed by atoms with van der Waals surface area (Å²) in [4.78, 5) is 12.4. The third kappa shape index (κ3) is 5.52. The molecule has 0 bridgehead atoms. The Labute approximate surface area is 178 Å². The number of nitrogens with zero attached hydrogens (tertiary/aromatic N) is 1. The second-order valence-corrected chi connectivity index (χ2v) is 9.56. The van der Waals surface area contributed by atoms with Gasteiger partial charge in [-0.3, -0.25) is 9.10 Å². The van der Waals surface area contributed by atoms with E-state index in [1.807, 2.05) is 18.2 Å². The van der Waals surface area contributed by atoms with Crippen LogP contribution in [0.5, 0.6) is 5.75 Å². The highest BCUT2D eigenvalue weighted by Gasteiger charge is 2.34. The van der Waals surface area contributed by atoms with Crippen LogP contribution in [-0.2, 0) is 25.0 Å². The molecule has 8 heteroatoms. The van der Waals surface area contributed by atoms with Gasteiger partial charge in [0, 0.05) is 32.2 Å². The number of carbonyl (C=O) groups is 1. The molecule has 0 unspecified atom stereocenters. The van der Waals surface area contributed by atoms with Gasteiger partial charge in [0.25, 0.3) is 5.91 Å². The monoisotopic (exact) mass is 432 g/mol. The Morgan fingerprint density at radius 3 is 2.33 bits per heavy atom. The Hall–Kier alpha value is -2.58. The first-order chi connectivity index (χ1) is 14.3. The van der Waals surface area contributed by atoms with Crippen molar-refractivity contribution in [3.8, 4) is 5.75 Å². The highest BCUT2D eigenvalue weighted by atomic mass is 32.2. The zero-order chi connectivity index (χ0) is 21.6. The van der Waals surface area contributed by atoms with Crippen molar-refractivity contribution in [1.82, 2.24) is 5.32 Å². The van der Waals surface area contributed by atoms with Crippen molar-refractivity contribution in [3.05, 3.63) is 60.2 Å². The summed E-state index contributed by atoms with van der Waals surface area (Å²) in [5.41, 5.74) is 1.60. The fourth-order valence-electron chi connectivity index (χ4n) is 3.53. The lowest BCUT2D eigenvalue weighted by molar-refractivity contribution is -0.123. The van der Waals surface area contributed by atoms with Crippen molar-refractivity contribution in [2.45, 2.75) is 18.3 Å². The van der Waals surface area contributed by atoms with Gasteiger partial charge < -0.3 is 14.8 Å². The molecule has 1 saturated heterocycles. The number of hydrogen-bond donors (Lipinski definition) is 1. The number of sulfonamides is 1. The van der Waals surface area contributed by atoms with Crippen molar-refractivity contribution < 1.29 is 22.7 Å². The van der Waals surface area contributed by atoms with Gasteiger partial charge in [-0.1, -0.05) is 30.3 Å². The van der Waals surface area contributed by atoms with E-state index in [-0.39, 0.29) is 17.9 Å². The Bertz CT molecular complexity index is 939. The van der Waals surface area contributed by atoms with Crippen molar-refractivity contribution in [3.63, 3.8) is 0 Å². The first-order valence-electron chi connectivity index (χ1n) is 9.87. The minimum absolute atomic E-state index is 0.108. The number of amides is 1. The van der Waals surface area contributed by atoms with Crippen LogP contribution in [-0.4, -0.2) is 54.0 Å². The van der Waals surface area contributed by atoms with E-state index in [1.54, 1.807) is 24.3 Å². The Morgan fingerprint density at radius 1 is 1.10 bits per heavy atom. The average molecular weight is 433 g/mol. The second-order valence-electron chi connectivity index (χ2n) is 7.55. The third-order valence-corrected chi connectivity index (χ3v) is 6.73. The van der Waals surface area contributed by atoms with Crippen molar-refractivity contribution >= 4 is 21.6 Å². The number of rotatable bonds is 8. The first kappa shape index (κ1) is 22.1. The van der Waals surface area contributed by atoms with E-state index in [9.17, 15) is 13.2 Å². The molecule has 1 aliphatic rings. The Balaban J connectivity index is 1.55. The van der Waals surface area contributed by atoms with E-state index in [0.717, 1.165) is 19.1 Å². The van der Waals surface area contributed by atoms with Gasteiger partial charge >= 0.3 is 0 Å². The van der Waals surface area contributed by atoms with Gasteiger partial charge in [0.15, 0.2) is 6.61 Å². The molecule has 1 amide bonds. The zero-order valence-corrected chi connectivity index (χ0v) is 18.2. The summed E-state index contributed by atoms with van der Waals surface area (Å²) in [6.45, 7) is 1.77. The molecule has 30 heavy (non-hydrogen) atoms. The summed E-state index contributed by atoms with van der Waals surface area (Å²) in [7, 11) is -1.84. The van der Waals surface area contributed by atoms with Crippen LogP contribution in [0.1, 0.15) is 18.4 Å². The summed E-state index contributed by atoms with van der Waals surface area (Å²) >= 11 is 0. The van der Waals surface area contributed by atoms with E-state index in [2.05, 4.69) is 17.4 Å². The van der Waals surface area contributed by atoms with Crippen LogP contribution in [0.15, 0.2) is 54.6 Å². The fraction of sp³-hybridized carbons (Fsp3) is 0.409. The maximum atomic E-state index is 12.4. The largest absolute Gasteiger partial charge is 0.484 e. The van der Waals surface area contributed by atoms with Crippen LogP contribution < -0.4 is 14.4 Å². The predicted molar refractivity (Wildman–Crippen MR) is 116 cm³/mol. The van der Waals surface area contributed by atoms with Gasteiger partial charge in [0.1, 0.15) is 5.75 Å². The molecule has 1 N–H and O–H groups in total.